The Morgan fingerprint density at radius 2 is 1.85 bits per heavy atom. The number of rotatable bonds is 4. The van der Waals surface area contributed by atoms with Crippen molar-refractivity contribution in [3.63, 3.8) is 0 Å². The molecule has 5 nitrogen and oxygen atoms in total. The van der Waals surface area contributed by atoms with Gasteiger partial charge in [-0.05, 0) is 41.7 Å². The topological polar surface area (TPSA) is 45.5 Å². The SMILES string of the molecule is CN=C(NCCc1cnn(-c2ccccc2)c1)N1CCc2ccccc2C1. The van der Waals surface area contributed by atoms with Gasteiger partial charge in [0.2, 0.25) is 0 Å². The lowest BCUT2D eigenvalue weighted by atomic mass is 10.0. The first-order chi connectivity index (χ1) is 13.3. The summed E-state index contributed by atoms with van der Waals surface area (Å²) in [7, 11) is 1.86. The molecule has 2 aromatic carbocycles. The molecule has 0 spiro atoms. The first-order valence-electron chi connectivity index (χ1n) is 9.45. The molecule has 0 fully saturated rings. The van der Waals surface area contributed by atoms with Crippen LogP contribution in [0.3, 0.4) is 0 Å². The molecule has 138 valence electrons. The van der Waals surface area contributed by atoms with Crippen molar-refractivity contribution in [3.05, 3.63) is 83.7 Å². The van der Waals surface area contributed by atoms with Gasteiger partial charge in [0.25, 0.3) is 0 Å². The van der Waals surface area contributed by atoms with Gasteiger partial charge in [-0.2, -0.15) is 5.10 Å². The molecule has 0 atom stereocenters. The molecule has 0 amide bonds. The lowest BCUT2D eigenvalue weighted by Gasteiger charge is -2.31. The molecule has 5 heteroatoms. The van der Waals surface area contributed by atoms with E-state index in [1.165, 1.54) is 16.7 Å². The second kappa shape index (κ2) is 8.08. The maximum Gasteiger partial charge on any atom is 0.193 e. The van der Waals surface area contributed by atoms with Crippen molar-refractivity contribution in [3.8, 4) is 5.69 Å². The lowest BCUT2D eigenvalue weighted by Crippen LogP contribution is -2.44. The summed E-state index contributed by atoms with van der Waals surface area (Å²) in [4.78, 5) is 6.81. The number of guanidine groups is 1. The highest BCUT2D eigenvalue weighted by molar-refractivity contribution is 5.80. The first-order valence-corrected chi connectivity index (χ1v) is 9.45. The molecular weight excluding hydrogens is 334 g/mol. The Kier molecular flexibility index (Phi) is 5.19. The molecule has 0 unspecified atom stereocenters. The van der Waals surface area contributed by atoms with Crippen molar-refractivity contribution in [2.75, 3.05) is 20.1 Å². The van der Waals surface area contributed by atoms with Crippen LogP contribution < -0.4 is 5.32 Å². The first kappa shape index (κ1) is 17.3. The van der Waals surface area contributed by atoms with Crippen molar-refractivity contribution in [2.24, 2.45) is 4.99 Å². The molecule has 1 N–H and O–H groups in total. The summed E-state index contributed by atoms with van der Waals surface area (Å²) in [6.45, 7) is 2.76. The number of hydrogen-bond acceptors (Lipinski definition) is 2. The molecule has 1 aliphatic heterocycles. The quantitative estimate of drug-likeness (QED) is 0.575. The van der Waals surface area contributed by atoms with Gasteiger partial charge in [0.1, 0.15) is 0 Å². The normalized spacial score (nSPS) is 14.1. The van der Waals surface area contributed by atoms with Crippen molar-refractivity contribution < 1.29 is 0 Å². The highest BCUT2D eigenvalue weighted by Crippen LogP contribution is 2.18. The third-order valence-corrected chi connectivity index (χ3v) is 5.00. The molecule has 0 bridgehead atoms. The van der Waals surface area contributed by atoms with E-state index in [9.17, 15) is 0 Å². The molecule has 4 rings (SSSR count). The van der Waals surface area contributed by atoms with Crippen molar-refractivity contribution in [1.29, 1.82) is 0 Å². The summed E-state index contributed by atoms with van der Waals surface area (Å²) in [5, 5.41) is 7.97. The minimum Gasteiger partial charge on any atom is -0.356 e. The van der Waals surface area contributed by atoms with Crippen LogP contribution in [-0.2, 0) is 19.4 Å². The summed E-state index contributed by atoms with van der Waals surface area (Å²) >= 11 is 0. The van der Waals surface area contributed by atoms with Gasteiger partial charge < -0.3 is 10.2 Å². The van der Waals surface area contributed by atoms with E-state index in [2.05, 4.69) is 62.9 Å². The van der Waals surface area contributed by atoms with Crippen molar-refractivity contribution in [1.82, 2.24) is 20.0 Å². The number of nitrogens with zero attached hydrogens (tertiary/aromatic N) is 4. The summed E-state index contributed by atoms with van der Waals surface area (Å²) in [6, 6.07) is 18.9. The predicted octanol–water partition coefficient (Wildman–Crippen LogP) is 3.05. The minimum absolute atomic E-state index is 0.839. The Morgan fingerprint density at radius 1 is 1.07 bits per heavy atom. The van der Waals surface area contributed by atoms with E-state index >= 15 is 0 Å². The van der Waals surface area contributed by atoms with E-state index in [0.29, 0.717) is 0 Å². The average molecular weight is 359 g/mol. The van der Waals surface area contributed by atoms with Crippen LogP contribution >= 0.6 is 0 Å². The molecule has 1 aromatic heterocycles. The number of nitrogens with one attached hydrogen (secondary N) is 1. The maximum absolute atomic E-state index is 4.48. The van der Waals surface area contributed by atoms with E-state index in [1.807, 2.05) is 36.1 Å². The van der Waals surface area contributed by atoms with E-state index in [1.54, 1.807) is 0 Å². The van der Waals surface area contributed by atoms with Crippen molar-refractivity contribution in [2.45, 2.75) is 19.4 Å². The van der Waals surface area contributed by atoms with Gasteiger partial charge in [-0.25, -0.2) is 4.68 Å². The zero-order chi connectivity index (χ0) is 18.5. The molecule has 27 heavy (non-hydrogen) atoms. The van der Waals surface area contributed by atoms with Gasteiger partial charge in [-0.1, -0.05) is 42.5 Å². The zero-order valence-electron chi connectivity index (χ0n) is 15.7. The summed E-state index contributed by atoms with van der Waals surface area (Å²) < 4.78 is 1.92. The lowest BCUT2D eigenvalue weighted by molar-refractivity contribution is 0.379. The molecular formula is C22H25N5. The van der Waals surface area contributed by atoms with Crippen LogP contribution in [-0.4, -0.2) is 40.8 Å². The molecule has 3 aromatic rings. The number of fused-ring (bicyclic) bond motifs is 1. The Bertz CT molecular complexity index is 913. The Morgan fingerprint density at radius 3 is 2.67 bits per heavy atom. The summed E-state index contributed by atoms with van der Waals surface area (Å²) in [6.07, 6.45) is 6.02. The minimum atomic E-state index is 0.839. The van der Waals surface area contributed by atoms with Crippen LogP contribution in [0.2, 0.25) is 0 Å². The average Bonchev–Trinajstić information content (AvgIpc) is 3.20. The standard InChI is InChI=1S/C22H25N5/c1-23-22(26-14-12-19-7-5-6-8-20(19)17-26)24-13-11-18-15-25-27(16-18)21-9-3-2-4-10-21/h2-10,15-16H,11-14,17H2,1H3,(H,23,24). The molecule has 0 saturated heterocycles. The van der Waals surface area contributed by atoms with Crippen LogP contribution in [0.25, 0.3) is 5.69 Å². The van der Waals surface area contributed by atoms with E-state index in [0.717, 1.165) is 44.1 Å². The predicted molar refractivity (Wildman–Crippen MR) is 109 cm³/mol. The van der Waals surface area contributed by atoms with Gasteiger partial charge >= 0.3 is 0 Å². The second-order valence-electron chi connectivity index (χ2n) is 6.79. The van der Waals surface area contributed by atoms with Gasteiger partial charge in [0.05, 0.1) is 11.9 Å². The third-order valence-electron chi connectivity index (χ3n) is 5.00. The number of para-hydroxylation sites is 1. The Balaban J connectivity index is 1.33. The largest absolute Gasteiger partial charge is 0.356 e. The van der Waals surface area contributed by atoms with Crippen LogP contribution in [0.5, 0.6) is 0 Å². The van der Waals surface area contributed by atoms with Gasteiger partial charge in [-0.15, -0.1) is 0 Å². The number of benzene rings is 2. The summed E-state index contributed by atoms with van der Waals surface area (Å²) in [5.41, 5.74) is 5.15. The van der Waals surface area contributed by atoms with Gasteiger partial charge in [-0.3, -0.25) is 4.99 Å². The number of hydrogen-bond donors (Lipinski definition) is 1. The molecule has 0 radical (unpaired) electrons. The Hall–Kier alpha value is -3.08. The van der Waals surface area contributed by atoms with E-state index in [4.69, 9.17) is 0 Å². The second-order valence-corrected chi connectivity index (χ2v) is 6.79. The summed E-state index contributed by atoms with van der Waals surface area (Å²) in [5.74, 6) is 0.972. The molecule has 0 aliphatic carbocycles. The maximum atomic E-state index is 4.48. The smallest absolute Gasteiger partial charge is 0.193 e. The highest BCUT2D eigenvalue weighted by Gasteiger charge is 2.18. The molecule has 2 heterocycles. The molecule has 1 aliphatic rings. The van der Waals surface area contributed by atoms with E-state index in [-0.39, 0.29) is 0 Å². The van der Waals surface area contributed by atoms with Crippen LogP contribution in [0.1, 0.15) is 16.7 Å². The fraction of sp³-hybridized carbons (Fsp3) is 0.273. The van der Waals surface area contributed by atoms with Crippen LogP contribution in [0.15, 0.2) is 72.0 Å². The van der Waals surface area contributed by atoms with Gasteiger partial charge in [0.15, 0.2) is 5.96 Å². The third kappa shape index (κ3) is 4.03. The van der Waals surface area contributed by atoms with Crippen molar-refractivity contribution >= 4 is 5.96 Å². The highest BCUT2D eigenvalue weighted by atomic mass is 15.3. The van der Waals surface area contributed by atoms with Gasteiger partial charge in [0, 0.05) is 32.9 Å². The number of aliphatic imine (C=N–C) groups is 1. The zero-order valence-corrected chi connectivity index (χ0v) is 15.7. The number of aromatic nitrogens is 2. The monoisotopic (exact) mass is 359 g/mol. The fourth-order valence-electron chi connectivity index (χ4n) is 3.54. The van der Waals surface area contributed by atoms with E-state index < -0.39 is 0 Å². The molecule has 0 saturated carbocycles. The Labute approximate surface area is 160 Å². The van der Waals surface area contributed by atoms with Crippen LogP contribution in [0, 0.1) is 0 Å². The fourth-order valence-corrected chi connectivity index (χ4v) is 3.54. The van der Waals surface area contributed by atoms with Crippen LogP contribution in [0.4, 0.5) is 0 Å².